The molecular formula is C14H16ClN3O. The standard InChI is InChI=1S/C14H16ClN3O/c1-2-18-14(12(15)9-17-18)13(19)7-10-5-3-4-6-11(10)8-16/h3-6,9H,2,7-8,16H2,1H3. The SMILES string of the molecule is CCn1ncc(Cl)c1C(=O)Cc1ccccc1CN. The number of nitrogens with two attached hydrogens (primary N) is 1. The van der Waals surface area contributed by atoms with Gasteiger partial charge in [-0.2, -0.15) is 5.10 Å². The van der Waals surface area contributed by atoms with Crippen LogP contribution in [-0.4, -0.2) is 15.6 Å². The summed E-state index contributed by atoms with van der Waals surface area (Å²) in [5.41, 5.74) is 8.07. The molecule has 4 nitrogen and oxygen atoms in total. The summed E-state index contributed by atoms with van der Waals surface area (Å²) in [6, 6.07) is 7.67. The van der Waals surface area contributed by atoms with Crippen molar-refractivity contribution < 1.29 is 4.79 Å². The van der Waals surface area contributed by atoms with Crippen molar-refractivity contribution in [3.05, 3.63) is 52.3 Å². The predicted molar refractivity (Wildman–Crippen MR) is 75.3 cm³/mol. The van der Waals surface area contributed by atoms with Crippen molar-refractivity contribution in [1.82, 2.24) is 9.78 Å². The molecule has 19 heavy (non-hydrogen) atoms. The first-order chi connectivity index (χ1) is 9.17. The Morgan fingerprint density at radius 3 is 2.68 bits per heavy atom. The van der Waals surface area contributed by atoms with Crippen LogP contribution in [0.2, 0.25) is 5.02 Å². The van der Waals surface area contributed by atoms with Gasteiger partial charge < -0.3 is 5.73 Å². The molecule has 2 N–H and O–H groups in total. The van der Waals surface area contributed by atoms with E-state index in [0.717, 1.165) is 11.1 Å². The number of hydrogen-bond acceptors (Lipinski definition) is 3. The second-order valence-corrected chi connectivity index (χ2v) is 4.64. The second kappa shape index (κ2) is 5.99. The fraction of sp³-hybridized carbons (Fsp3) is 0.286. The van der Waals surface area contributed by atoms with Gasteiger partial charge in [-0.3, -0.25) is 9.48 Å². The van der Waals surface area contributed by atoms with Crippen molar-refractivity contribution in [2.24, 2.45) is 5.73 Å². The highest BCUT2D eigenvalue weighted by Gasteiger charge is 2.17. The first-order valence-corrected chi connectivity index (χ1v) is 6.56. The van der Waals surface area contributed by atoms with E-state index in [1.165, 1.54) is 6.20 Å². The minimum Gasteiger partial charge on any atom is -0.326 e. The summed E-state index contributed by atoms with van der Waals surface area (Å²) in [5, 5.41) is 4.48. The van der Waals surface area contributed by atoms with E-state index in [1.54, 1.807) is 4.68 Å². The first kappa shape index (κ1) is 13.8. The number of carbonyl (C=O) groups is 1. The van der Waals surface area contributed by atoms with E-state index >= 15 is 0 Å². The summed E-state index contributed by atoms with van der Waals surface area (Å²) < 4.78 is 1.62. The Morgan fingerprint density at radius 2 is 2.05 bits per heavy atom. The fourth-order valence-electron chi connectivity index (χ4n) is 2.07. The molecule has 2 aromatic rings. The molecule has 0 saturated carbocycles. The number of halogens is 1. The average molecular weight is 278 g/mol. The molecule has 0 saturated heterocycles. The monoisotopic (exact) mass is 277 g/mol. The molecule has 100 valence electrons. The number of aryl methyl sites for hydroxylation is 1. The molecule has 1 aromatic heterocycles. The molecule has 0 spiro atoms. The van der Waals surface area contributed by atoms with Crippen LogP contribution in [0.5, 0.6) is 0 Å². The third kappa shape index (κ3) is 2.85. The van der Waals surface area contributed by atoms with Crippen molar-refractivity contribution in [1.29, 1.82) is 0 Å². The van der Waals surface area contributed by atoms with Gasteiger partial charge in [-0.05, 0) is 18.1 Å². The number of ketones is 1. The molecule has 0 amide bonds. The third-order valence-corrected chi connectivity index (χ3v) is 3.32. The minimum absolute atomic E-state index is 0.0368. The maximum absolute atomic E-state index is 12.4. The van der Waals surface area contributed by atoms with Gasteiger partial charge >= 0.3 is 0 Å². The highest BCUT2D eigenvalue weighted by molar-refractivity contribution is 6.33. The lowest BCUT2D eigenvalue weighted by Gasteiger charge is -2.08. The number of rotatable bonds is 5. The van der Waals surface area contributed by atoms with E-state index in [4.69, 9.17) is 17.3 Å². The predicted octanol–water partition coefficient (Wildman–Crippen LogP) is 2.44. The summed E-state index contributed by atoms with van der Waals surface area (Å²) >= 11 is 6.03. The summed E-state index contributed by atoms with van der Waals surface area (Å²) in [5.74, 6) is -0.0368. The minimum atomic E-state index is -0.0368. The average Bonchev–Trinajstić information content (AvgIpc) is 2.80. The largest absolute Gasteiger partial charge is 0.326 e. The van der Waals surface area contributed by atoms with Gasteiger partial charge in [0, 0.05) is 19.5 Å². The number of hydrogen-bond donors (Lipinski definition) is 1. The van der Waals surface area contributed by atoms with Gasteiger partial charge in [0.15, 0.2) is 5.78 Å². The second-order valence-electron chi connectivity index (χ2n) is 4.23. The first-order valence-electron chi connectivity index (χ1n) is 6.18. The maximum atomic E-state index is 12.4. The molecule has 5 heteroatoms. The van der Waals surface area contributed by atoms with Crippen LogP contribution in [0.1, 0.15) is 28.5 Å². The quantitative estimate of drug-likeness (QED) is 0.854. The lowest BCUT2D eigenvalue weighted by Crippen LogP contribution is -2.14. The molecule has 0 radical (unpaired) electrons. The molecule has 2 rings (SSSR count). The molecule has 0 aliphatic heterocycles. The Balaban J connectivity index is 2.28. The van der Waals surface area contributed by atoms with Crippen molar-refractivity contribution in [2.75, 3.05) is 0 Å². The van der Waals surface area contributed by atoms with Crippen LogP contribution in [0.25, 0.3) is 0 Å². The normalized spacial score (nSPS) is 10.7. The highest BCUT2D eigenvalue weighted by Crippen LogP contribution is 2.19. The Morgan fingerprint density at radius 1 is 1.37 bits per heavy atom. The van der Waals surface area contributed by atoms with E-state index in [-0.39, 0.29) is 5.78 Å². The van der Waals surface area contributed by atoms with Crippen LogP contribution in [0.3, 0.4) is 0 Å². The Labute approximate surface area is 117 Å². The van der Waals surface area contributed by atoms with Crippen LogP contribution < -0.4 is 5.73 Å². The zero-order chi connectivity index (χ0) is 13.8. The maximum Gasteiger partial charge on any atom is 0.186 e. The van der Waals surface area contributed by atoms with E-state index in [9.17, 15) is 4.79 Å². The molecule has 0 unspecified atom stereocenters. The van der Waals surface area contributed by atoms with Gasteiger partial charge in [-0.1, -0.05) is 35.9 Å². The van der Waals surface area contributed by atoms with Crippen molar-refractivity contribution in [3.63, 3.8) is 0 Å². The van der Waals surface area contributed by atoms with Crippen LogP contribution in [0, 0.1) is 0 Å². The zero-order valence-electron chi connectivity index (χ0n) is 10.8. The Kier molecular flexibility index (Phi) is 4.35. The lowest BCUT2D eigenvalue weighted by molar-refractivity contribution is 0.0982. The van der Waals surface area contributed by atoms with Crippen molar-refractivity contribution in [3.8, 4) is 0 Å². The molecule has 1 aromatic carbocycles. The van der Waals surface area contributed by atoms with E-state index in [2.05, 4.69) is 5.10 Å². The number of nitrogens with zero attached hydrogens (tertiary/aromatic N) is 2. The van der Waals surface area contributed by atoms with Crippen LogP contribution >= 0.6 is 11.6 Å². The summed E-state index contributed by atoms with van der Waals surface area (Å²) in [4.78, 5) is 12.4. The van der Waals surface area contributed by atoms with E-state index in [1.807, 2.05) is 31.2 Å². The third-order valence-electron chi connectivity index (χ3n) is 3.05. The molecule has 0 fully saturated rings. The molecule has 0 atom stereocenters. The van der Waals surface area contributed by atoms with Crippen LogP contribution in [0.4, 0.5) is 0 Å². The molecule has 0 aliphatic carbocycles. The van der Waals surface area contributed by atoms with Gasteiger partial charge in [0.2, 0.25) is 0 Å². The number of benzene rings is 1. The van der Waals surface area contributed by atoms with Gasteiger partial charge in [0.05, 0.1) is 11.2 Å². The molecular weight excluding hydrogens is 262 g/mol. The number of aromatic nitrogens is 2. The van der Waals surface area contributed by atoms with Crippen molar-refractivity contribution >= 4 is 17.4 Å². The van der Waals surface area contributed by atoms with E-state index in [0.29, 0.717) is 30.2 Å². The van der Waals surface area contributed by atoms with Gasteiger partial charge in [0.25, 0.3) is 0 Å². The summed E-state index contributed by atoms with van der Waals surface area (Å²) in [6.45, 7) is 2.96. The Hall–Kier alpha value is -1.65. The number of carbonyl (C=O) groups excluding carboxylic acids is 1. The lowest BCUT2D eigenvalue weighted by atomic mass is 10.0. The Bertz CT molecular complexity index is 592. The van der Waals surface area contributed by atoms with Crippen molar-refractivity contribution in [2.45, 2.75) is 26.4 Å². The topological polar surface area (TPSA) is 60.9 Å². The van der Waals surface area contributed by atoms with E-state index < -0.39 is 0 Å². The molecule has 0 aliphatic rings. The highest BCUT2D eigenvalue weighted by atomic mass is 35.5. The van der Waals surface area contributed by atoms with Gasteiger partial charge in [-0.15, -0.1) is 0 Å². The fourth-order valence-corrected chi connectivity index (χ4v) is 2.31. The van der Waals surface area contributed by atoms with Gasteiger partial charge in [0.1, 0.15) is 5.69 Å². The molecule has 1 heterocycles. The summed E-state index contributed by atoms with van der Waals surface area (Å²) in [7, 11) is 0. The van der Waals surface area contributed by atoms with Gasteiger partial charge in [-0.25, -0.2) is 0 Å². The summed E-state index contributed by atoms with van der Waals surface area (Å²) in [6.07, 6.45) is 1.80. The van der Waals surface area contributed by atoms with Crippen LogP contribution in [-0.2, 0) is 19.5 Å². The smallest absolute Gasteiger partial charge is 0.186 e. The molecule has 0 bridgehead atoms. The van der Waals surface area contributed by atoms with Crippen LogP contribution in [0.15, 0.2) is 30.5 Å². The number of Topliss-reactive ketones (excluding diaryl/α,β-unsaturated/α-hetero) is 1. The zero-order valence-corrected chi connectivity index (χ0v) is 11.5.